The van der Waals surface area contributed by atoms with Gasteiger partial charge in [-0.1, -0.05) is 27.7 Å². The monoisotopic (exact) mass is 266 g/mol. The van der Waals surface area contributed by atoms with Gasteiger partial charge < -0.3 is 10.2 Å². The van der Waals surface area contributed by atoms with E-state index in [1.807, 2.05) is 0 Å². The first kappa shape index (κ1) is 15.3. The third-order valence-corrected chi connectivity index (χ3v) is 6.05. The summed E-state index contributed by atoms with van der Waals surface area (Å²) in [5.74, 6) is 0.861. The molecule has 0 aromatic carbocycles. The summed E-state index contributed by atoms with van der Waals surface area (Å²) in [4.78, 5) is 2.75. The molecule has 0 aliphatic carbocycles. The van der Waals surface area contributed by atoms with Crippen molar-refractivity contribution < 1.29 is 0 Å². The van der Waals surface area contributed by atoms with Gasteiger partial charge in [-0.15, -0.1) is 0 Å². The quantitative estimate of drug-likeness (QED) is 0.819. The summed E-state index contributed by atoms with van der Waals surface area (Å²) in [6, 6.07) is 0. The van der Waals surface area contributed by atoms with Crippen molar-refractivity contribution in [3.05, 3.63) is 0 Å². The third kappa shape index (κ3) is 3.52. The van der Waals surface area contributed by atoms with Crippen LogP contribution in [0.1, 0.15) is 59.8 Å². The Labute approximate surface area is 120 Å². The number of hydrogen-bond donors (Lipinski definition) is 1. The van der Waals surface area contributed by atoms with Crippen molar-refractivity contribution in [3.63, 3.8) is 0 Å². The Morgan fingerprint density at radius 1 is 1.26 bits per heavy atom. The van der Waals surface area contributed by atoms with Crippen molar-refractivity contribution in [3.8, 4) is 0 Å². The van der Waals surface area contributed by atoms with Crippen molar-refractivity contribution >= 4 is 0 Å². The molecule has 2 heteroatoms. The predicted molar refractivity (Wildman–Crippen MR) is 83.4 cm³/mol. The van der Waals surface area contributed by atoms with E-state index in [1.54, 1.807) is 0 Å². The van der Waals surface area contributed by atoms with Gasteiger partial charge in [-0.25, -0.2) is 0 Å². The SMILES string of the molecule is CCC1(CC)CCN(CC(C)(C)C2CCCNC2)C1. The van der Waals surface area contributed by atoms with Crippen LogP contribution in [0.4, 0.5) is 0 Å². The molecule has 2 aliphatic rings. The second-order valence-electron chi connectivity index (χ2n) is 7.70. The lowest BCUT2D eigenvalue weighted by Gasteiger charge is -2.40. The van der Waals surface area contributed by atoms with Crippen LogP contribution in [-0.4, -0.2) is 37.6 Å². The number of piperidine rings is 1. The fourth-order valence-electron chi connectivity index (χ4n) is 4.21. The van der Waals surface area contributed by atoms with Crippen molar-refractivity contribution in [2.45, 2.75) is 59.8 Å². The zero-order valence-electron chi connectivity index (χ0n) is 13.6. The highest BCUT2D eigenvalue weighted by molar-refractivity contribution is 4.92. The highest BCUT2D eigenvalue weighted by atomic mass is 15.2. The molecule has 0 radical (unpaired) electrons. The Balaban J connectivity index is 1.90. The van der Waals surface area contributed by atoms with Crippen molar-refractivity contribution in [1.29, 1.82) is 0 Å². The molecule has 2 saturated heterocycles. The van der Waals surface area contributed by atoms with Crippen LogP contribution < -0.4 is 5.32 Å². The van der Waals surface area contributed by atoms with Gasteiger partial charge in [0.2, 0.25) is 0 Å². The number of hydrogen-bond acceptors (Lipinski definition) is 2. The van der Waals surface area contributed by atoms with Gasteiger partial charge in [0.1, 0.15) is 0 Å². The number of nitrogens with one attached hydrogen (secondary N) is 1. The smallest absolute Gasteiger partial charge is 0.00385 e. The lowest BCUT2D eigenvalue weighted by molar-refractivity contribution is 0.105. The minimum atomic E-state index is 0.463. The highest BCUT2D eigenvalue weighted by Gasteiger charge is 2.39. The molecule has 2 rings (SSSR count). The summed E-state index contributed by atoms with van der Waals surface area (Å²) in [6.45, 7) is 16.1. The lowest BCUT2D eigenvalue weighted by Crippen LogP contribution is -2.44. The van der Waals surface area contributed by atoms with Gasteiger partial charge in [0.05, 0.1) is 0 Å². The van der Waals surface area contributed by atoms with E-state index in [-0.39, 0.29) is 0 Å². The normalized spacial score (nSPS) is 28.7. The molecule has 0 aromatic rings. The molecular formula is C17H34N2. The second-order valence-corrected chi connectivity index (χ2v) is 7.70. The summed E-state index contributed by atoms with van der Waals surface area (Å²) in [5, 5.41) is 3.59. The molecule has 0 saturated carbocycles. The van der Waals surface area contributed by atoms with E-state index in [9.17, 15) is 0 Å². The summed E-state index contributed by atoms with van der Waals surface area (Å²) in [7, 11) is 0. The molecule has 0 bridgehead atoms. The Kier molecular flexibility index (Phi) is 4.94. The fraction of sp³-hybridized carbons (Fsp3) is 1.00. The van der Waals surface area contributed by atoms with Crippen LogP contribution in [-0.2, 0) is 0 Å². The van der Waals surface area contributed by atoms with Gasteiger partial charge in [-0.3, -0.25) is 0 Å². The maximum atomic E-state index is 3.59. The zero-order chi connectivity index (χ0) is 13.9. The second kappa shape index (κ2) is 6.13. The van der Waals surface area contributed by atoms with E-state index in [0.717, 1.165) is 5.92 Å². The summed E-state index contributed by atoms with van der Waals surface area (Å²) in [5.41, 5.74) is 1.09. The van der Waals surface area contributed by atoms with Gasteiger partial charge in [0.25, 0.3) is 0 Å². The van der Waals surface area contributed by atoms with Crippen LogP contribution in [0.2, 0.25) is 0 Å². The number of nitrogens with zero attached hydrogens (tertiary/aromatic N) is 1. The maximum Gasteiger partial charge on any atom is 0.00385 e. The Morgan fingerprint density at radius 3 is 2.53 bits per heavy atom. The first-order valence-electron chi connectivity index (χ1n) is 8.44. The fourth-order valence-corrected chi connectivity index (χ4v) is 4.21. The van der Waals surface area contributed by atoms with Gasteiger partial charge in [0.15, 0.2) is 0 Å². The van der Waals surface area contributed by atoms with Gasteiger partial charge in [0, 0.05) is 13.1 Å². The average molecular weight is 266 g/mol. The topological polar surface area (TPSA) is 15.3 Å². The molecule has 0 amide bonds. The average Bonchev–Trinajstić information content (AvgIpc) is 2.83. The van der Waals surface area contributed by atoms with Crippen molar-refractivity contribution in [1.82, 2.24) is 10.2 Å². The van der Waals surface area contributed by atoms with E-state index in [4.69, 9.17) is 0 Å². The molecule has 1 unspecified atom stereocenters. The Morgan fingerprint density at radius 2 is 2.00 bits per heavy atom. The summed E-state index contributed by atoms with van der Waals surface area (Å²) < 4.78 is 0. The molecule has 2 nitrogen and oxygen atoms in total. The van der Waals surface area contributed by atoms with E-state index in [1.165, 1.54) is 64.8 Å². The summed E-state index contributed by atoms with van der Waals surface area (Å²) in [6.07, 6.45) is 6.90. The van der Waals surface area contributed by atoms with Crippen LogP contribution in [0.3, 0.4) is 0 Å². The highest BCUT2D eigenvalue weighted by Crippen LogP contribution is 2.40. The molecule has 1 N–H and O–H groups in total. The molecule has 1 atom stereocenters. The van der Waals surface area contributed by atoms with Crippen molar-refractivity contribution in [2.24, 2.45) is 16.7 Å². The Hall–Kier alpha value is -0.0800. The minimum Gasteiger partial charge on any atom is -0.316 e. The van der Waals surface area contributed by atoms with Gasteiger partial charge in [-0.05, 0) is 68.5 Å². The summed E-state index contributed by atoms with van der Waals surface area (Å²) >= 11 is 0. The van der Waals surface area contributed by atoms with Crippen LogP contribution in [0.15, 0.2) is 0 Å². The first-order chi connectivity index (χ1) is 9.01. The van der Waals surface area contributed by atoms with Crippen LogP contribution in [0, 0.1) is 16.7 Å². The molecular weight excluding hydrogens is 232 g/mol. The molecule has 112 valence electrons. The number of likely N-dealkylation sites (tertiary alicyclic amines) is 1. The van der Waals surface area contributed by atoms with E-state index < -0.39 is 0 Å². The molecule has 2 fully saturated rings. The molecule has 0 spiro atoms. The third-order valence-electron chi connectivity index (χ3n) is 6.05. The molecule has 0 aromatic heterocycles. The predicted octanol–water partition coefficient (Wildman–Crippen LogP) is 3.52. The maximum absolute atomic E-state index is 3.59. The largest absolute Gasteiger partial charge is 0.316 e. The van der Waals surface area contributed by atoms with E-state index in [0.29, 0.717) is 10.8 Å². The van der Waals surface area contributed by atoms with Crippen LogP contribution >= 0.6 is 0 Å². The standard InChI is InChI=1S/C17H34N2/c1-5-17(6-2)9-11-19(14-17)13-16(3,4)15-8-7-10-18-12-15/h15,18H,5-14H2,1-4H3. The first-order valence-corrected chi connectivity index (χ1v) is 8.44. The van der Waals surface area contributed by atoms with Gasteiger partial charge >= 0.3 is 0 Å². The van der Waals surface area contributed by atoms with Crippen LogP contribution in [0.5, 0.6) is 0 Å². The Bertz CT molecular complexity index is 275. The molecule has 2 heterocycles. The van der Waals surface area contributed by atoms with E-state index >= 15 is 0 Å². The molecule has 19 heavy (non-hydrogen) atoms. The van der Waals surface area contributed by atoms with Crippen LogP contribution in [0.25, 0.3) is 0 Å². The van der Waals surface area contributed by atoms with Gasteiger partial charge in [-0.2, -0.15) is 0 Å². The van der Waals surface area contributed by atoms with E-state index in [2.05, 4.69) is 37.9 Å². The molecule has 2 aliphatic heterocycles. The van der Waals surface area contributed by atoms with Crippen molar-refractivity contribution in [2.75, 3.05) is 32.7 Å². The zero-order valence-corrected chi connectivity index (χ0v) is 13.6. The minimum absolute atomic E-state index is 0.463. The number of rotatable bonds is 5. The lowest BCUT2D eigenvalue weighted by atomic mass is 9.74.